The van der Waals surface area contributed by atoms with Crippen molar-refractivity contribution in [2.45, 2.75) is 39.3 Å². The van der Waals surface area contributed by atoms with E-state index in [9.17, 15) is 5.11 Å². The number of benzene rings is 1. The van der Waals surface area contributed by atoms with Gasteiger partial charge in [-0.3, -0.25) is 0 Å². The molecule has 0 bridgehead atoms. The maximum absolute atomic E-state index is 9.94. The van der Waals surface area contributed by atoms with E-state index in [1.54, 1.807) is 0 Å². The van der Waals surface area contributed by atoms with Crippen LogP contribution in [0.3, 0.4) is 0 Å². The molecule has 0 atom stereocenters. The van der Waals surface area contributed by atoms with Gasteiger partial charge in [-0.05, 0) is 39.3 Å². The van der Waals surface area contributed by atoms with Crippen molar-refractivity contribution in [1.82, 2.24) is 0 Å². The smallest absolute Gasteiger partial charge is 0.120 e. The van der Waals surface area contributed by atoms with Crippen molar-refractivity contribution in [3.8, 4) is 5.75 Å². The maximum atomic E-state index is 9.94. The van der Waals surface area contributed by atoms with Gasteiger partial charge in [-0.25, -0.2) is 0 Å². The lowest BCUT2D eigenvalue weighted by Crippen LogP contribution is -2.29. The predicted octanol–water partition coefficient (Wildman–Crippen LogP) is 3.26. The zero-order chi connectivity index (χ0) is 11.8. The molecule has 0 aliphatic carbocycles. The van der Waals surface area contributed by atoms with Crippen molar-refractivity contribution in [2.24, 2.45) is 0 Å². The summed E-state index contributed by atoms with van der Waals surface area (Å²) in [5, 5.41) is 11.4. The summed E-state index contributed by atoms with van der Waals surface area (Å²) in [6.07, 6.45) is 0. The van der Waals surface area contributed by atoms with E-state index in [1.807, 2.05) is 6.07 Å². The van der Waals surface area contributed by atoms with E-state index >= 15 is 0 Å². The number of hydrogen-bond acceptors (Lipinski definition) is 1. The van der Waals surface area contributed by atoms with Crippen LogP contribution in [0.2, 0.25) is 13.1 Å². The molecule has 1 nitrogen and oxygen atoms in total. The maximum Gasteiger partial charge on any atom is 0.120 e. The molecule has 0 aliphatic rings. The Morgan fingerprint density at radius 2 is 1.73 bits per heavy atom. The minimum absolute atomic E-state index is 0.00787. The van der Waals surface area contributed by atoms with Gasteiger partial charge in [0, 0.05) is 9.13 Å². The van der Waals surface area contributed by atoms with Crippen LogP contribution in [0, 0.1) is 3.57 Å². The molecule has 0 saturated carbocycles. The molecular weight excluding hydrogens is 315 g/mol. The Morgan fingerprint density at radius 1 is 1.20 bits per heavy atom. The van der Waals surface area contributed by atoms with Gasteiger partial charge in [0.15, 0.2) is 0 Å². The second-order valence-electron chi connectivity index (χ2n) is 5.07. The summed E-state index contributed by atoms with van der Waals surface area (Å²) in [5.41, 5.74) is 1.10. The van der Waals surface area contributed by atoms with E-state index in [1.165, 1.54) is 8.76 Å². The summed E-state index contributed by atoms with van der Waals surface area (Å²) in [6, 6.07) is 3.91. The monoisotopic (exact) mass is 333 g/mol. The Morgan fingerprint density at radius 3 is 2.13 bits per heavy atom. The van der Waals surface area contributed by atoms with E-state index < -0.39 is 8.80 Å². The Bertz CT molecular complexity index is 367. The van der Waals surface area contributed by atoms with Gasteiger partial charge < -0.3 is 5.11 Å². The van der Waals surface area contributed by atoms with Gasteiger partial charge in [-0.2, -0.15) is 0 Å². The molecule has 0 fully saturated rings. The first-order valence-electron chi connectivity index (χ1n) is 5.07. The number of hydrogen-bond donors (Lipinski definition) is 1. The van der Waals surface area contributed by atoms with Crippen molar-refractivity contribution in [3.63, 3.8) is 0 Å². The molecule has 1 aromatic rings. The second-order valence-corrected chi connectivity index (χ2v) is 8.69. The zero-order valence-corrected chi connectivity index (χ0v) is 13.1. The summed E-state index contributed by atoms with van der Waals surface area (Å²) in [7, 11) is -0.459. The van der Waals surface area contributed by atoms with E-state index in [0.29, 0.717) is 5.75 Å². The number of halogens is 1. The number of phenolic OH excluding ortho intramolecular Hbond substituents is 1. The third-order valence-electron chi connectivity index (χ3n) is 2.41. The van der Waals surface area contributed by atoms with Gasteiger partial charge in [0.25, 0.3) is 0 Å². The fraction of sp³-hybridized carbons (Fsp3) is 0.500. The molecule has 0 unspecified atom stereocenters. The van der Waals surface area contributed by atoms with Crippen LogP contribution in [0.5, 0.6) is 5.75 Å². The average Bonchev–Trinajstić information content (AvgIpc) is 2.00. The fourth-order valence-electron chi connectivity index (χ4n) is 1.67. The third-order valence-corrected chi connectivity index (χ3v) is 5.53. The molecule has 1 radical (unpaired) electrons. The van der Waals surface area contributed by atoms with E-state index in [0.717, 1.165) is 5.56 Å². The number of rotatable bonds is 1. The zero-order valence-electron chi connectivity index (χ0n) is 9.98. The largest absolute Gasteiger partial charge is 0.508 e. The van der Waals surface area contributed by atoms with Crippen LogP contribution in [0.25, 0.3) is 0 Å². The number of aromatic hydroxyl groups is 1. The lowest BCUT2D eigenvalue weighted by Gasteiger charge is -2.24. The predicted molar refractivity (Wildman–Crippen MR) is 76.6 cm³/mol. The van der Waals surface area contributed by atoms with Crippen molar-refractivity contribution in [2.75, 3.05) is 0 Å². The SMILES string of the molecule is C[Si](C)c1ccc(O)c(C(C)(C)C)c1I. The summed E-state index contributed by atoms with van der Waals surface area (Å²) in [5.74, 6) is 0.430. The van der Waals surface area contributed by atoms with Crippen LogP contribution in [0.15, 0.2) is 12.1 Å². The van der Waals surface area contributed by atoms with Crippen LogP contribution < -0.4 is 5.19 Å². The highest BCUT2D eigenvalue weighted by Gasteiger charge is 2.23. The molecule has 83 valence electrons. The third kappa shape index (κ3) is 2.75. The van der Waals surface area contributed by atoms with Gasteiger partial charge >= 0.3 is 0 Å². The molecule has 1 rings (SSSR count). The quantitative estimate of drug-likeness (QED) is 0.618. The van der Waals surface area contributed by atoms with Crippen molar-refractivity contribution in [3.05, 3.63) is 21.3 Å². The Balaban J connectivity index is 3.44. The van der Waals surface area contributed by atoms with Crippen LogP contribution in [0.4, 0.5) is 0 Å². The molecule has 3 heteroatoms. The van der Waals surface area contributed by atoms with Gasteiger partial charge in [-0.15, -0.1) is 0 Å². The molecule has 0 aliphatic heterocycles. The van der Waals surface area contributed by atoms with Crippen LogP contribution in [-0.2, 0) is 5.41 Å². The van der Waals surface area contributed by atoms with Crippen LogP contribution in [0.1, 0.15) is 26.3 Å². The van der Waals surface area contributed by atoms with E-state index in [-0.39, 0.29) is 5.41 Å². The highest BCUT2D eigenvalue weighted by Crippen LogP contribution is 2.33. The molecule has 1 N–H and O–H groups in total. The Kier molecular flexibility index (Phi) is 3.87. The topological polar surface area (TPSA) is 20.2 Å². The second kappa shape index (κ2) is 4.45. The number of phenols is 1. The first-order chi connectivity index (χ1) is 6.75. The Labute approximate surface area is 108 Å². The van der Waals surface area contributed by atoms with Gasteiger partial charge in [0.2, 0.25) is 0 Å². The van der Waals surface area contributed by atoms with Crippen molar-refractivity contribution in [1.29, 1.82) is 0 Å². The van der Waals surface area contributed by atoms with Gasteiger partial charge in [0.1, 0.15) is 5.75 Å². The van der Waals surface area contributed by atoms with Crippen LogP contribution >= 0.6 is 22.6 Å². The minimum Gasteiger partial charge on any atom is -0.508 e. The average molecular weight is 333 g/mol. The highest BCUT2D eigenvalue weighted by atomic mass is 127. The highest BCUT2D eigenvalue weighted by molar-refractivity contribution is 14.1. The lowest BCUT2D eigenvalue weighted by atomic mass is 9.86. The molecule has 0 aromatic heterocycles. The summed E-state index contributed by atoms with van der Waals surface area (Å²) in [6.45, 7) is 11.0. The lowest BCUT2D eigenvalue weighted by molar-refractivity contribution is 0.445. The summed E-state index contributed by atoms with van der Waals surface area (Å²) < 4.78 is 1.25. The fourth-order valence-corrected chi connectivity index (χ4v) is 5.53. The molecule has 1 aromatic carbocycles. The van der Waals surface area contributed by atoms with Crippen LogP contribution in [-0.4, -0.2) is 13.9 Å². The molecule has 0 spiro atoms. The molecule has 0 heterocycles. The molecular formula is C12H18IOSi. The van der Waals surface area contributed by atoms with Gasteiger partial charge in [-0.1, -0.05) is 39.9 Å². The van der Waals surface area contributed by atoms with Gasteiger partial charge in [0.05, 0.1) is 8.80 Å². The van der Waals surface area contributed by atoms with E-state index in [2.05, 4.69) is 62.5 Å². The summed E-state index contributed by atoms with van der Waals surface area (Å²) in [4.78, 5) is 0. The first kappa shape index (κ1) is 13.0. The first-order valence-corrected chi connectivity index (χ1v) is 8.65. The molecule has 0 saturated heterocycles. The minimum atomic E-state index is -0.459. The van der Waals surface area contributed by atoms with E-state index in [4.69, 9.17) is 0 Å². The Hall–Kier alpha value is -0.0331. The molecule has 0 amide bonds. The molecule has 15 heavy (non-hydrogen) atoms. The summed E-state index contributed by atoms with van der Waals surface area (Å²) >= 11 is 2.37. The standard InChI is InChI=1S/C12H18IOSi/c1-12(2,3)10-8(14)6-7-9(11(10)13)15(4)5/h6-7,14H,1-5H3. The normalized spacial score (nSPS) is 12.2. The van der Waals surface area contributed by atoms with Crippen molar-refractivity contribution < 1.29 is 5.11 Å². The van der Waals surface area contributed by atoms with Crippen molar-refractivity contribution >= 4 is 36.6 Å².